The number of rotatable bonds is 4. The van der Waals surface area contributed by atoms with Crippen molar-refractivity contribution in [1.29, 1.82) is 0 Å². The lowest BCUT2D eigenvalue weighted by atomic mass is 9.80. The zero-order chi connectivity index (χ0) is 15.2. The Labute approximate surface area is 130 Å². The summed E-state index contributed by atoms with van der Waals surface area (Å²) in [6.45, 7) is 4.51. The topological polar surface area (TPSA) is 85.1 Å². The van der Waals surface area contributed by atoms with Gasteiger partial charge in [0.25, 0.3) is 0 Å². The maximum absolute atomic E-state index is 12.5. The van der Waals surface area contributed by atoms with Crippen LogP contribution in [0.3, 0.4) is 0 Å². The average Bonchev–Trinajstić information content (AvgIpc) is 3.18. The van der Waals surface area contributed by atoms with Gasteiger partial charge in [0.2, 0.25) is 0 Å². The second-order valence-electron chi connectivity index (χ2n) is 6.62. The molecule has 0 aromatic carbocycles. The van der Waals surface area contributed by atoms with Crippen LogP contribution in [-0.2, 0) is 9.84 Å². The number of nitrogens with one attached hydrogen (secondary N) is 1. The largest absolute Gasteiger partial charge is 0.382 e. The molecule has 2 fully saturated rings. The maximum Gasteiger partial charge on any atom is 0.187 e. The molecule has 0 spiro atoms. The molecule has 1 heterocycles. The molecule has 0 saturated heterocycles. The van der Waals surface area contributed by atoms with Crippen molar-refractivity contribution in [1.82, 2.24) is 4.37 Å². The summed E-state index contributed by atoms with van der Waals surface area (Å²) in [7, 11) is -3.30. The van der Waals surface area contributed by atoms with E-state index in [9.17, 15) is 8.42 Å². The molecule has 118 valence electrons. The van der Waals surface area contributed by atoms with Crippen molar-refractivity contribution in [3.05, 3.63) is 0 Å². The van der Waals surface area contributed by atoms with E-state index in [0.717, 1.165) is 25.2 Å². The lowest BCUT2D eigenvalue weighted by Crippen LogP contribution is -2.33. The van der Waals surface area contributed by atoms with E-state index in [1.165, 1.54) is 24.4 Å². The van der Waals surface area contributed by atoms with E-state index in [0.29, 0.717) is 17.0 Å². The Morgan fingerprint density at radius 3 is 2.57 bits per heavy atom. The summed E-state index contributed by atoms with van der Waals surface area (Å²) in [4.78, 5) is 0.251. The van der Waals surface area contributed by atoms with Crippen LogP contribution >= 0.6 is 11.5 Å². The van der Waals surface area contributed by atoms with E-state index in [1.807, 2.05) is 0 Å². The summed E-state index contributed by atoms with van der Waals surface area (Å²) < 4.78 is 29.1. The number of hydrogen-bond donors (Lipinski definition) is 2. The minimum absolute atomic E-state index is 0.159. The Bertz CT molecular complexity index is 622. The van der Waals surface area contributed by atoms with Gasteiger partial charge in [-0.25, -0.2) is 8.42 Å². The molecule has 0 aliphatic heterocycles. The van der Waals surface area contributed by atoms with Crippen molar-refractivity contribution in [2.75, 3.05) is 11.1 Å². The molecule has 1 aromatic rings. The van der Waals surface area contributed by atoms with Gasteiger partial charge in [-0.3, -0.25) is 0 Å². The van der Waals surface area contributed by atoms with Gasteiger partial charge in [-0.1, -0.05) is 13.8 Å². The first kappa shape index (κ1) is 15.1. The van der Waals surface area contributed by atoms with Crippen molar-refractivity contribution in [3.63, 3.8) is 0 Å². The van der Waals surface area contributed by atoms with Crippen molar-refractivity contribution in [3.8, 4) is 0 Å². The SMILES string of the molecule is CC1CCC(Nc2snc(N)c2S(=O)(=O)C2CC2)C(C)C1. The van der Waals surface area contributed by atoms with Crippen LogP contribution in [0.25, 0.3) is 0 Å². The third-order valence-electron chi connectivity index (χ3n) is 4.67. The highest BCUT2D eigenvalue weighted by Crippen LogP contribution is 2.42. The smallest absolute Gasteiger partial charge is 0.187 e. The first-order valence-electron chi connectivity index (χ1n) is 7.65. The predicted octanol–water partition coefficient (Wildman–Crippen LogP) is 2.90. The summed E-state index contributed by atoms with van der Waals surface area (Å²) in [6.07, 6.45) is 4.92. The van der Waals surface area contributed by atoms with Crippen LogP contribution in [0.1, 0.15) is 46.0 Å². The fourth-order valence-corrected chi connectivity index (χ4v) is 6.19. The van der Waals surface area contributed by atoms with Gasteiger partial charge < -0.3 is 11.1 Å². The van der Waals surface area contributed by atoms with Gasteiger partial charge in [0.1, 0.15) is 9.90 Å². The van der Waals surface area contributed by atoms with E-state index < -0.39 is 9.84 Å². The molecule has 1 aromatic heterocycles. The van der Waals surface area contributed by atoms with Crippen molar-refractivity contribution < 1.29 is 8.42 Å². The van der Waals surface area contributed by atoms with Gasteiger partial charge in [0, 0.05) is 6.04 Å². The zero-order valence-electron chi connectivity index (χ0n) is 12.5. The van der Waals surface area contributed by atoms with Crippen molar-refractivity contribution in [2.45, 2.75) is 62.1 Å². The minimum Gasteiger partial charge on any atom is -0.382 e. The van der Waals surface area contributed by atoms with Crippen LogP contribution in [0.5, 0.6) is 0 Å². The van der Waals surface area contributed by atoms with Crippen LogP contribution in [0, 0.1) is 11.8 Å². The highest BCUT2D eigenvalue weighted by molar-refractivity contribution is 7.92. The minimum atomic E-state index is -3.30. The fourth-order valence-electron chi connectivity index (χ4n) is 3.25. The van der Waals surface area contributed by atoms with E-state index in [4.69, 9.17) is 5.73 Å². The van der Waals surface area contributed by atoms with Gasteiger partial charge in [-0.2, -0.15) is 4.37 Å². The molecule has 0 amide bonds. The Hall–Kier alpha value is -0.820. The number of nitrogens with two attached hydrogens (primary N) is 1. The molecule has 21 heavy (non-hydrogen) atoms. The van der Waals surface area contributed by atoms with Crippen LogP contribution < -0.4 is 11.1 Å². The lowest BCUT2D eigenvalue weighted by Gasteiger charge is -2.33. The standard InChI is InChI=1S/C14H23N3O2S2/c1-8-3-6-11(9(2)7-8)16-14-12(13(15)17-20-14)21(18,19)10-4-5-10/h8-11,16H,3-7H2,1-2H3,(H2,15,17). The Balaban J connectivity index is 1.84. The monoisotopic (exact) mass is 329 g/mol. The highest BCUT2D eigenvalue weighted by atomic mass is 32.2. The second kappa shape index (κ2) is 5.43. The van der Waals surface area contributed by atoms with Crippen molar-refractivity contribution in [2.24, 2.45) is 11.8 Å². The Morgan fingerprint density at radius 2 is 1.95 bits per heavy atom. The molecule has 7 heteroatoms. The highest BCUT2D eigenvalue weighted by Gasteiger charge is 2.41. The molecule has 2 aliphatic rings. The molecule has 2 saturated carbocycles. The van der Waals surface area contributed by atoms with Gasteiger partial charge >= 0.3 is 0 Å². The number of anilines is 2. The summed E-state index contributed by atoms with van der Waals surface area (Å²) in [5, 5.41) is 3.82. The number of sulfone groups is 1. The number of aromatic nitrogens is 1. The molecule has 3 atom stereocenters. The number of nitrogens with zero attached hydrogens (tertiary/aromatic N) is 1. The van der Waals surface area contributed by atoms with Gasteiger partial charge in [-0.15, -0.1) is 0 Å². The predicted molar refractivity (Wildman–Crippen MR) is 86.3 cm³/mol. The summed E-state index contributed by atoms with van der Waals surface area (Å²) in [5.41, 5.74) is 5.84. The van der Waals surface area contributed by atoms with Crippen LogP contribution in [0.2, 0.25) is 0 Å². The van der Waals surface area contributed by atoms with E-state index in [-0.39, 0.29) is 16.0 Å². The molecule has 3 unspecified atom stereocenters. The van der Waals surface area contributed by atoms with Crippen LogP contribution in [0.15, 0.2) is 4.90 Å². The lowest BCUT2D eigenvalue weighted by molar-refractivity contribution is 0.276. The van der Waals surface area contributed by atoms with Gasteiger partial charge in [-0.05, 0) is 55.5 Å². The summed E-state index contributed by atoms with van der Waals surface area (Å²) in [6, 6.07) is 0.314. The van der Waals surface area contributed by atoms with Crippen molar-refractivity contribution >= 4 is 32.2 Å². The molecular formula is C14H23N3O2S2. The van der Waals surface area contributed by atoms with Crippen LogP contribution in [0.4, 0.5) is 10.8 Å². The molecular weight excluding hydrogens is 306 g/mol. The first-order valence-corrected chi connectivity index (χ1v) is 9.97. The van der Waals surface area contributed by atoms with E-state index >= 15 is 0 Å². The molecule has 5 nitrogen and oxygen atoms in total. The molecule has 3 N–H and O–H groups in total. The quantitative estimate of drug-likeness (QED) is 0.887. The Morgan fingerprint density at radius 1 is 1.24 bits per heavy atom. The number of hydrogen-bond acceptors (Lipinski definition) is 6. The van der Waals surface area contributed by atoms with E-state index in [2.05, 4.69) is 23.5 Å². The van der Waals surface area contributed by atoms with Gasteiger partial charge in [0.15, 0.2) is 15.7 Å². The third-order valence-corrected chi connectivity index (χ3v) is 7.92. The fraction of sp³-hybridized carbons (Fsp3) is 0.786. The third kappa shape index (κ3) is 2.90. The van der Waals surface area contributed by atoms with Crippen LogP contribution in [-0.4, -0.2) is 24.1 Å². The van der Waals surface area contributed by atoms with Gasteiger partial charge in [0.05, 0.1) is 5.25 Å². The molecule has 3 rings (SSSR count). The average molecular weight is 329 g/mol. The summed E-state index contributed by atoms with van der Waals surface area (Å²) in [5.74, 6) is 1.44. The molecule has 0 radical (unpaired) electrons. The first-order chi connectivity index (χ1) is 9.89. The normalized spacial score (nSPS) is 30.3. The second-order valence-corrected chi connectivity index (χ2v) is 9.56. The zero-order valence-corrected chi connectivity index (χ0v) is 14.1. The number of nitrogen functional groups attached to an aromatic ring is 1. The molecule has 0 bridgehead atoms. The maximum atomic E-state index is 12.5. The Kier molecular flexibility index (Phi) is 3.90. The molecule has 2 aliphatic carbocycles. The van der Waals surface area contributed by atoms with E-state index in [1.54, 1.807) is 0 Å². The summed E-state index contributed by atoms with van der Waals surface area (Å²) >= 11 is 1.18.